The molecule has 362 valence electrons. The molecule has 7 N–H and O–H groups in total. The van der Waals surface area contributed by atoms with E-state index < -0.39 is 99.3 Å². The Morgan fingerprint density at radius 2 is 0.919 bits per heavy atom. The van der Waals surface area contributed by atoms with Crippen LogP contribution in [0.25, 0.3) is 0 Å². The van der Waals surface area contributed by atoms with E-state index >= 15 is 0 Å². The molecule has 15 nitrogen and oxygen atoms in total. The molecule has 4 unspecified atom stereocenters. The standard InChI is InChI=1S/C47H84O15/c1-3-5-7-9-11-13-15-17-19-21-23-25-27-29-38(49)57-32-35(60-39(50)30-28-26-24-22-20-18-16-14-12-10-8-6-4-2)33-58-46-45(56)43(54)41(52)37(62-46)34-59-47-44(55)42(53)40(51)36(31-48)61-47/h17-20,35-37,40-48,51-56H,3-16,21-34H2,1-2H3/b19-17+,20-18+/t35-,36-,37-,40+,41+,42?,43?,44?,45?,46-,47-/m1/s1. The maximum Gasteiger partial charge on any atom is 0.306 e. The minimum absolute atomic E-state index is 0.143. The van der Waals surface area contributed by atoms with Crippen LogP contribution in [-0.2, 0) is 38.0 Å². The molecular weight excluding hydrogens is 805 g/mol. The van der Waals surface area contributed by atoms with Gasteiger partial charge in [-0.15, -0.1) is 0 Å². The highest BCUT2D eigenvalue weighted by Gasteiger charge is 2.47. The summed E-state index contributed by atoms with van der Waals surface area (Å²) in [6.45, 7) is 2.53. The third kappa shape index (κ3) is 23.8. The molecule has 0 aromatic heterocycles. The molecule has 0 aromatic carbocycles. The Morgan fingerprint density at radius 1 is 0.500 bits per heavy atom. The van der Waals surface area contributed by atoms with Gasteiger partial charge in [0.25, 0.3) is 0 Å². The van der Waals surface area contributed by atoms with E-state index in [1.165, 1.54) is 77.0 Å². The molecule has 0 saturated carbocycles. The lowest BCUT2D eigenvalue weighted by Crippen LogP contribution is -2.61. The normalized spacial score (nSPS) is 27.2. The molecule has 15 heteroatoms. The quantitative estimate of drug-likeness (QED) is 0.0231. The van der Waals surface area contributed by atoms with Gasteiger partial charge in [0.2, 0.25) is 0 Å². The van der Waals surface area contributed by atoms with Gasteiger partial charge in [-0.05, 0) is 64.2 Å². The Morgan fingerprint density at radius 3 is 1.42 bits per heavy atom. The van der Waals surface area contributed by atoms with E-state index in [1.807, 2.05) is 0 Å². The van der Waals surface area contributed by atoms with Gasteiger partial charge in [-0.3, -0.25) is 9.59 Å². The molecule has 0 radical (unpaired) electrons. The predicted molar refractivity (Wildman–Crippen MR) is 234 cm³/mol. The van der Waals surface area contributed by atoms with Gasteiger partial charge in [-0.2, -0.15) is 0 Å². The van der Waals surface area contributed by atoms with E-state index in [4.69, 9.17) is 28.4 Å². The molecular formula is C47H84O15. The van der Waals surface area contributed by atoms with Gasteiger partial charge in [0, 0.05) is 12.8 Å². The molecule has 0 aliphatic carbocycles. The van der Waals surface area contributed by atoms with Gasteiger partial charge in [-0.25, -0.2) is 0 Å². The SMILES string of the molecule is CCCCCCCC/C=C/CCCCCC(=O)OC[C@H](CO[C@@H]1O[C@H](CO[C@@H]2O[C@H](CO)[C@H](O)C(O)C2O)[C@H](O)C(O)C1O)OC(=O)CCCCC/C=C/CCCCCCCC. The second kappa shape index (κ2) is 35.3. The molecule has 2 aliphatic rings. The summed E-state index contributed by atoms with van der Waals surface area (Å²) < 4.78 is 33.4. The van der Waals surface area contributed by atoms with Crippen LogP contribution in [-0.4, -0.2) is 142 Å². The largest absolute Gasteiger partial charge is 0.462 e. The minimum atomic E-state index is -1.77. The van der Waals surface area contributed by atoms with Gasteiger partial charge in [0.1, 0.15) is 55.4 Å². The Balaban J connectivity index is 1.86. The maximum absolute atomic E-state index is 12.9. The zero-order chi connectivity index (χ0) is 45.4. The highest BCUT2D eigenvalue weighted by Crippen LogP contribution is 2.26. The number of hydrogen-bond acceptors (Lipinski definition) is 15. The summed E-state index contributed by atoms with van der Waals surface area (Å²) in [7, 11) is 0. The van der Waals surface area contributed by atoms with Crippen LogP contribution >= 0.6 is 0 Å². The summed E-state index contributed by atoms with van der Waals surface area (Å²) in [5.74, 6) is -0.962. The van der Waals surface area contributed by atoms with E-state index in [0.717, 1.165) is 51.4 Å². The zero-order valence-corrected chi connectivity index (χ0v) is 37.9. The van der Waals surface area contributed by atoms with Crippen molar-refractivity contribution in [1.29, 1.82) is 0 Å². The summed E-state index contributed by atoms with van der Waals surface area (Å²) in [6, 6.07) is 0. The lowest BCUT2D eigenvalue weighted by Gasteiger charge is -2.42. The molecule has 2 rings (SSSR count). The van der Waals surface area contributed by atoms with Crippen LogP contribution in [0.2, 0.25) is 0 Å². The van der Waals surface area contributed by atoms with Crippen LogP contribution in [0, 0.1) is 0 Å². The molecule has 2 heterocycles. The minimum Gasteiger partial charge on any atom is -0.462 e. The Kier molecular flexibility index (Phi) is 31.9. The number of unbranched alkanes of at least 4 members (excludes halogenated alkanes) is 18. The first-order chi connectivity index (χ1) is 30.0. The summed E-state index contributed by atoms with van der Waals surface area (Å²) in [5, 5.41) is 71.9. The van der Waals surface area contributed by atoms with Crippen LogP contribution < -0.4 is 0 Å². The van der Waals surface area contributed by atoms with Gasteiger partial charge < -0.3 is 64.2 Å². The Labute approximate surface area is 371 Å². The molecule has 0 bridgehead atoms. The number of aliphatic hydroxyl groups is 7. The number of esters is 2. The van der Waals surface area contributed by atoms with E-state index in [-0.39, 0.29) is 19.4 Å². The van der Waals surface area contributed by atoms with Crippen molar-refractivity contribution >= 4 is 11.9 Å². The van der Waals surface area contributed by atoms with E-state index in [2.05, 4.69) is 38.2 Å². The maximum atomic E-state index is 12.9. The summed E-state index contributed by atoms with van der Waals surface area (Å²) in [4.78, 5) is 25.6. The molecule has 2 saturated heterocycles. The molecule has 2 fully saturated rings. The average Bonchev–Trinajstić information content (AvgIpc) is 3.26. The number of aliphatic hydroxyl groups excluding tert-OH is 7. The Hall–Kier alpha value is -2.02. The summed E-state index contributed by atoms with van der Waals surface area (Å²) in [6.07, 6.45) is 16.5. The fourth-order valence-electron chi connectivity index (χ4n) is 7.38. The van der Waals surface area contributed by atoms with Crippen molar-refractivity contribution in [3.63, 3.8) is 0 Å². The highest BCUT2D eigenvalue weighted by molar-refractivity contribution is 5.70. The first-order valence-electron chi connectivity index (χ1n) is 23.9. The molecule has 0 amide bonds. The van der Waals surface area contributed by atoms with E-state index in [0.29, 0.717) is 12.8 Å². The fraction of sp³-hybridized carbons (Fsp3) is 0.872. The predicted octanol–water partition coefficient (Wildman–Crippen LogP) is 5.60. The molecule has 62 heavy (non-hydrogen) atoms. The first kappa shape index (κ1) is 56.1. The smallest absolute Gasteiger partial charge is 0.306 e. The van der Waals surface area contributed by atoms with Crippen LogP contribution in [0.1, 0.15) is 168 Å². The third-order valence-electron chi connectivity index (χ3n) is 11.4. The number of ether oxygens (including phenoxy) is 6. The van der Waals surface area contributed by atoms with Crippen molar-refractivity contribution in [2.24, 2.45) is 0 Å². The molecule has 0 aromatic rings. The number of carbonyl (C=O) groups excluding carboxylic acids is 2. The van der Waals surface area contributed by atoms with Crippen LogP contribution in [0.4, 0.5) is 0 Å². The first-order valence-corrected chi connectivity index (χ1v) is 23.9. The molecule has 11 atom stereocenters. The molecule has 0 spiro atoms. The van der Waals surface area contributed by atoms with Gasteiger partial charge in [-0.1, -0.05) is 115 Å². The lowest BCUT2D eigenvalue weighted by molar-refractivity contribution is -0.332. The lowest BCUT2D eigenvalue weighted by atomic mass is 9.98. The zero-order valence-electron chi connectivity index (χ0n) is 37.9. The van der Waals surface area contributed by atoms with Gasteiger partial charge in [0.15, 0.2) is 18.7 Å². The van der Waals surface area contributed by atoms with Crippen molar-refractivity contribution in [1.82, 2.24) is 0 Å². The second-order valence-electron chi connectivity index (χ2n) is 16.9. The summed E-state index contributed by atoms with van der Waals surface area (Å²) in [5.41, 5.74) is 0. The van der Waals surface area contributed by atoms with Crippen molar-refractivity contribution in [2.75, 3.05) is 26.4 Å². The fourth-order valence-corrected chi connectivity index (χ4v) is 7.38. The van der Waals surface area contributed by atoms with Crippen molar-refractivity contribution in [3.8, 4) is 0 Å². The average molecular weight is 889 g/mol. The topological polar surface area (TPSA) is 231 Å². The Bertz CT molecular complexity index is 1180. The van der Waals surface area contributed by atoms with E-state index in [1.54, 1.807) is 0 Å². The van der Waals surface area contributed by atoms with Crippen molar-refractivity contribution in [2.45, 2.75) is 235 Å². The monoisotopic (exact) mass is 889 g/mol. The third-order valence-corrected chi connectivity index (χ3v) is 11.4. The van der Waals surface area contributed by atoms with Crippen molar-refractivity contribution < 1.29 is 73.8 Å². The number of hydrogen-bond donors (Lipinski definition) is 7. The van der Waals surface area contributed by atoms with Crippen LogP contribution in [0.15, 0.2) is 24.3 Å². The highest BCUT2D eigenvalue weighted by atomic mass is 16.7. The second-order valence-corrected chi connectivity index (χ2v) is 16.9. The van der Waals surface area contributed by atoms with E-state index in [9.17, 15) is 45.3 Å². The van der Waals surface area contributed by atoms with Gasteiger partial charge in [0.05, 0.1) is 19.8 Å². The number of carbonyl (C=O) groups is 2. The number of allylic oxidation sites excluding steroid dienone is 4. The van der Waals surface area contributed by atoms with Crippen LogP contribution in [0.5, 0.6) is 0 Å². The summed E-state index contributed by atoms with van der Waals surface area (Å²) >= 11 is 0. The van der Waals surface area contributed by atoms with Crippen LogP contribution in [0.3, 0.4) is 0 Å². The number of rotatable bonds is 36. The molecule has 2 aliphatic heterocycles. The van der Waals surface area contributed by atoms with Crippen molar-refractivity contribution in [3.05, 3.63) is 24.3 Å². The van der Waals surface area contributed by atoms with Gasteiger partial charge >= 0.3 is 11.9 Å².